The summed E-state index contributed by atoms with van der Waals surface area (Å²) in [4.78, 5) is 11.9. The summed E-state index contributed by atoms with van der Waals surface area (Å²) < 4.78 is 12.9. The number of benzene rings is 2. The Balaban J connectivity index is 1.91. The molecule has 1 atom stereocenters. The van der Waals surface area contributed by atoms with Crippen molar-refractivity contribution in [1.82, 2.24) is 5.32 Å². The second kappa shape index (κ2) is 7.20. The molecule has 0 fully saturated rings. The maximum atomic E-state index is 12.9. The molecule has 0 heterocycles. The van der Waals surface area contributed by atoms with E-state index in [2.05, 4.69) is 5.32 Å². The zero-order valence-electron chi connectivity index (χ0n) is 11.4. The molecular weight excluding hydrogens is 267 g/mol. The Morgan fingerprint density at radius 1 is 1.14 bits per heavy atom. The maximum absolute atomic E-state index is 12.9. The summed E-state index contributed by atoms with van der Waals surface area (Å²) in [6, 6.07) is 16.5. The number of nitrogens with zero attached hydrogens (tertiary/aromatic N) is 1. The first-order chi connectivity index (χ1) is 10.2. The van der Waals surface area contributed by atoms with Crippen LogP contribution < -0.4 is 5.32 Å². The van der Waals surface area contributed by atoms with E-state index in [1.807, 2.05) is 36.4 Å². The minimum absolute atomic E-state index is 0.199. The minimum Gasteiger partial charge on any atom is -0.337 e. The van der Waals surface area contributed by atoms with Crippen LogP contribution in [0.5, 0.6) is 0 Å². The molecule has 4 heteroatoms. The fourth-order valence-corrected chi connectivity index (χ4v) is 1.98. The monoisotopic (exact) mass is 282 g/mol. The number of hydrogen-bond acceptors (Lipinski definition) is 2. The molecule has 2 aromatic rings. The Bertz CT molecular complexity index is 632. The molecule has 2 aromatic carbocycles. The summed E-state index contributed by atoms with van der Waals surface area (Å²) >= 11 is 0. The van der Waals surface area contributed by atoms with Crippen molar-refractivity contribution >= 4 is 5.91 Å². The van der Waals surface area contributed by atoms with E-state index in [1.165, 1.54) is 24.3 Å². The zero-order valence-corrected chi connectivity index (χ0v) is 11.4. The second-order valence-electron chi connectivity index (χ2n) is 4.67. The standard InChI is InChI=1S/C17H15FN2O/c18-15-9-7-14(8-10-15)16(12-19)20-17(21)11-6-13-4-2-1-3-5-13/h1-5,7-10,16H,6,11H2,(H,20,21)/t16-/m1/s1. The molecule has 3 nitrogen and oxygen atoms in total. The van der Waals surface area contributed by atoms with Crippen molar-refractivity contribution in [2.24, 2.45) is 0 Å². The van der Waals surface area contributed by atoms with Gasteiger partial charge in [0.15, 0.2) is 0 Å². The molecular formula is C17H15FN2O. The number of nitriles is 1. The van der Waals surface area contributed by atoms with Gasteiger partial charge in [0.05, 0.1) is 6.07 Å². The lowest BCUT2D eigenvalue weighted by molar-refractivity contribution is -0.121. The summed E-state index contributed by atoms with van der Waals surface area (Å²) in [5.41, 5.74) is 1.65. The van der Waals surface area contributed by atoms with Gasteiger partial charge < -0.3 is 5.32 Å². The highest BCUT2D eigenvalue weighted by Gasteiger charge is 2.13. The predicted octanol–water partition coefficient (Wildman–Crippen LogP) is 3.14. The van der Waals surface area contributed by atoms with E-state index in [0.717, 1.165) is 5.56 Å². The first kappa shape index (κ1) is 14.7. The largest absolute Gasteiger partial charge is 0.337 e. The number of aryl methyl sites for hydroxylation is 1. The molecule has 0 radical (unpaired) electrons. The Labute approximate surface area is 123 Å². The summed E-state index contributed by atoms with van der Waals surface area (Å²) in [5.74, 6) is -0.569. The Morgan fingerprint density at radius 2 is 1.81 bits per heavy atom. The summed E-state index contributed by atoms with van der Waals surface area (Å²) in [6.45, 7) is 0. The quantitative estimate of drug-likeness (QED) is 0.916. The molecule has 0 aliphatic carbocycles. The van der Waals surface area contributed by atoms with Crippen molar-refractivity contribution in [3.8, 4) is 6.07 Å². The number of halogens is 1. The summed E-state index contributed by atoms with van der Waals surface area (Å²) in [5, 5.41) is 11.8. The molecule has 0 aliphatic heterocycles. The number of hydrogen-bond donors (Lipinski definition) is 1. The molecule has 0 spiro atoms. The van der Waals surface area contributed by atoms with Gasteiger partial charge in [-0.25, -0.2) is 4.39 Å². The Hall–Kier alpha value is -2.67. The molecule has 0 aromatic heterocycles. The third-order valence-corrected chi connectivity index (χ3v) is 3.12. The van der Waals surface area contributed by atoms with E-state index in [4.69, 9.17) is 5.26 Å². The van der Waals surface area contributed by atoms with Crippen LogP contribution in [0.4, 0.5) is 4.39 Å². The Morgan fingerprint density at radius 3 is 2.43 bits per heavy atom. The van der Waals surface area contributed by atoms with Crippen molar-refractivity contribution in [2.75, 3.05) is 0 Å². The highest BCUT2D eigenvalue weighted by atomic mass is 19.1. The van der Waals surface area contributed by atoms with Gasteiger partial charge in [-0.3, -0.25) is 4.79 Å². The van der Waals surface area contributed by atoms with Crippen molar-refractivity contribution in [3.05, 3.63) is 71.5 Å². The van der Waals surface area contributed by atoms with Crippen LogP contribution in [0.3, 0.4) is 0 Å². The Kier molecular flexibility index (Phi) is 5.05. The summed E-state index contributed by atoms with van der Waals surface area (Å²) in [6.07, 6.45) is 0.928. The summed E-state index contributed by atoms with van der Waals surface area (Å²) in [7, 11) is 0. The van der Waals surface area contributed by atoms with Crippen molar-refractivity contribution in [1.29, 1.82) is 5.26 Å². The molecule has 1 N–H and O–H groups in total. The zero-order chi connectivity index (χ0) is 15.1. The lowest BCUT2D eigenvalue weighted by atomic mass is 10.1. The van der Waals surface area contributed by atoms with Gasteiger partial charge in [0.1, 0.15) is 11.9 Å². The van der Waals surface area contributed by atoms with Gasteiger partial charge in [0.2, 0.25) is 5.91 Å². The molecule has 0 unspecified atom stereocenters. The molecule has 21 heavy (non-hydrogen) atoms. The highest BCUT2D eigenvalue weighted by Crippen LogP contribution is 2.13. The van der Waals surface area contributed by atoms with E-state index < -0.39 is 6.04 Å². The number of amides is 1. The van der Waals surface area contributed by atoms with Crippen LogP contribution in [0.2, 0.25) is 0 Å². The normalized spacial score (nSPS) is 11.4. The van der Waals surface area contributed by atoms with E-state index in [-0.39, 0.29) is 11.7 Å². The maximum Gasteiger partial charge on any atom is 0.221 e. The van der Waals surface area contributed by atoms with Crippen molar-refractivity contribution in [2.45, 2.75) is 18.9 Å². The third-order valence-electron chi connectivity index (χ3n) is 3.12. The average molecular weight is 282 g/mol. The van der Waals surface area contributed by atoms with Crippen LogP contribution in [0.25, 0.3) is 0 Å². The van der Waals surface area contributed by atoms with Gasteiger partial charge in [-0.1, -0.05) is 42.5 Å². The van der Waals surface area contributed by atoms with Crippen LogP contribution in [0.15, 0.2) is 54.6 Å². The van der Waals surface area contributed by atoms with Gasteiger partial charge in [0, 0.05) is 6.42 Å². The van der Waals surface area contributed by atoms with E-state index in [9.17, 15) is 9.18 Å². The van der Waals surface area contributed by atoms with Gasteiger partial charge in [-0.2, -0.15) is 5.26 Å². The fraction of sp³-hybridized carbons (Fsp3) is 0.176. The smallest absolute Gasteiger partial charge is 0.221 e. The molecule has 0 saturated heterocycles. The number of carbonyl (C=O) groups excluding carboxylic acids is 1. The van der Waals surface area contributed by atoms with Crippen molar-refractivity contribution in [3.63, 3.8) is 0 Å². The molecule has 2 rings (SSSR count). The van der Waals surface area contributed by atoms with Gasteiger partial charge in [-0.15, -0.1) is 0 Å². The van der Waals surface area contributed by atoms with Crippen molar-refractivity contribution < 1.29 is 9.18 Å². The van der Waals surface area contributed by atoms with Crippen LogP contribution in [0.1, 0.15) is 23.6 Å². The van der Waals surface area contributed by atoms with Gasteiger partial charge in [-0.05, 0) is 29.7 Å². The van der Waals surface area contributed by atoms with Crippen LogP contribution in [0, 0.1) is 17.1 Å². The SMILES string of the molecule is N#C[C@@H](NC(=O)CCc1ccccc1)c1ccc(F)cc1. The highest BCUT2D eigenvalue weighted by molar-refractivity contribution is 5.77. The van der Waals surface area contributed by atoms with E-state index in [1.54, 1.807) is 0 Å². The fourth-order valence-electron chi connectivity index (χ4n) is 1.98. The number of carbonyl (C=O) groups is 1. The first-order valence-electron chi connectivity index (χ1n) is 6.67. The lowest BCUT2D eigenvalue weighted by Crippen LogP contribution is -2.27. The van der Waals surface area contributed by atoms with Crippen LogP contribution in [-0.2, 0) is 11.2 Å². The minimum atomic E-state index is -0.756. The van der Waals surface area contributed by atoms with E-state index in [0.29, 0.717) is 18.4 Å². The third kappa shape index (κ3) is 4.43. The number of rotatable bonds is 5. The predicted molar refractivity (Wildman–Crippen MR) is 77.7 cm³/mol. The van der Waals surface area contributed by atoms with Crippen LogP contribution >= 0.6 is 0 Å². The second-order valence-corrected chi connectivity index (χ2v) is 4.67. The molecule has 0 aliphatic rings. The molecule has 0 saturated carbocycles. The van der Waals surface area contributed by atoms with E-state index >= 15 is 0 Å². The molecule has 1 amide bonds. The number of nitrogens with one attached hydrogen (secondary N) is 1. The first-order valence-corrected chi connectivity index (χ1v) is 6.67. The van der Waals surface area contributed by atoms with Crippen LogP contribution in [-0.4, -0.2) is 5.91 Å². The molecule has 106 valence electrons. The average Bonchev–Trinajstić information content (AvgIpc) is 2.52. The van der Waals surface area contributed by atoms with Gasteiger partial charge >= 0.3 is 0 Å². The van der Waals surface area contributed by atoms with Gasteiger partial charge in [0.25, 0.3) is 0 Å². The lowest BCUT2D eigenvalue weighted by Gasteiger charge is -2.12. The molecule has 0 bridgehead atoms. The topological polar surface area (TPSA) is 52.9 Å².